The Kier molecular flexibility index (Phi) is 6.65. The lowest BCUT2D eigenvalue weighted by Gasteiger charge is -2.14. The lowest BCUT2D eigenvalue weighted by atomic mass is 10.1. The first-order valence-corrected chi connectivity index (χ1v) is 7.84. The number of rotatable bonds is 8. The van der Waals surface area contributed by atoms with E-state index in [1.54, 1.807) is 0 Å². The van der Waals surface area contributed by atoms with Crippen molar-refractivity contribution in [1.82, 2.24) is 10.6 Å². The topological polar surface area (TPSA) is 41.1 Å². The molecule has 1 amide bonds. The van der Waals surface area contributed by atoms with Gasteiger partial charge in [0.1, 0.15) is 0 Å². The van der Waals surface area contributed by atoms with Gasteiger partial charge in [-0.25, -0.2) is 0 Å². The van der Waals surface area contributed by atoms with E-state index in [0.29, 0.717) is 6.54 Å². The van der Waals surface area contributed by atoms with Gasteiger partial charge >= 0.3 is 0 Å². The second-order valence-corrected chi connectivity index (χ2v) is 5.47. The van der Waals surface area contributed by atoms with Crippen LogP contribution in [-0.4, -0.2) is 19.0 Å². The predicted octanol–water partition coefficient (Wildman–Crippen LogP) is 3.09. The number of benzene rings is 2. The van der Waals surface area contributed by atoms with E-state index in [9.17, 15) is 4.79 Å². The largest absolute Gasteiger partial charge is 0.348 e. The third kappa shape index (κ3) is 5.70. The van der Waals surface area contributed by atoms with Crippen LogP contribution in [-0.2, 0) is 11.2 Å². The van der Waals surface area contributed by atoms with Crippen LogP contribution in [0, 0.1) is 0 Å². The zero-order chi connectivity index (χ0) is 15.6. The van der Waals surface area contributed by atoms with Crippen LogP contribution in [0.15, 0.2) is 60.7 Å². The molecule has 0 saturated heterocycles. The smallest absolute Gasteiger partial charge is 0.234 e. The third-order valence-electron chi connectivity index (χ3n) is 3.62. The Morgan fingerprint density at radius 3 is 2.32 bits per heavy atom. The molecule has 0 saturated carbocycles. The molecule has 0 spiro atoms. The number of nitrogens with one attached hydrogen (secondary N) is 2. The van der Waals surface area contributed by atoms with Gasteiger partial charge in [-0.1, -0.05) is 60.7 Å². The number of amides is 1. The fourth-order valence-electron chi connectivity index (χ4n) is 2.38. The van der Waals surface area contributed by atoms with Gasteiger partial charge in [-0.15, -0.1) is 0 Å². The number of hydrogen-bond acceptors (Lipinski definition) is 2. The van der Waals surface area contributed by atoms with Gasteiger partial charge in [-0.3, -0.25) is 4.79 Å². The molecule has 0 fully saturated rings. The van der Waals surface area contributed by atoms with Crippen molar-refractivity contribution in [1.29, 1.82) is 0 Å². The highest BCUT2D eigenvalue weighted by Gasteiger charge is 2.08. The minimum absolute atomic E-state index is 0.0380. The molecule has 1 unspecified atom stereocenters. The average molecular weight is 296 g/mol. The molecular formula is C19H24N2O. The molecule has 2 rings (SSSR count). The van der Waals surface area contributed by atoms with E-state index in [4.69, 9.17) is 0 Å². The van der Waals surface area contributed by atoms with Crippen LogP contribution in [0.5, 0.6) is 0 Å². The zero-order valence-corrected chi connectivity index (χ0v) is 13.1. The zero-order valence-electron chi connectivity index (χ0n) is 13.1. The van der Waals surface area contributed by atoms with E-state index >= 15 is 0 Å². The van der Waals surface area contributed by atoms with Gasteiger partial charge in [-0.05, 0) is 37.4 Å². The summed E-state index contributed by atoms with van der Waals surface area (Å²) in [5.41, 5.74) is 2.46. The fraction of sp³-hybridized carbons (Fsp3) is 0.316. The predicted molar refractivity (Wildman–Crippen MR) is 90.6 cm³/mol. The Bertz CT molecular complexity index is 554. The summed E-state index contributed by atoms with van der Waals surface area (Å²) in [5, 5.41) is 6.20. The first-order chi connectivity index (χ1) is 10.8. The summed E-state index contributed by atoms with van der Waals surface area (Å²) in [7, 11) is 0. The molecule has 22 heavy (non-hydrogen) atoms. The van der Waals surface area contributed by atoms with Gasteiger partial charge in [0.2, 0.25) is 5.91 Å². The average Bonchev–Trinajstić information content (AvgIpc) is 2.56. The summed E-state index contributed by atoms with van der Waals surface area (Å²) >= 11 is 0. The standard InChI is InChI=1S/C19H24N2O/c1-16(18-12-6-3-7-13-18)21-19(22)15-20-14-8-11-17-9-4-2-5-10-17/h2-7,9-10,12-13,16,20H,8,11,14-15H2,1H3,(H,21,22). The van der Waals surface area contributed by atoms with Gasteiger partial charge in [0, 0.05) is 0 Å². The summed E-state index contributed by atoms with van der Waals surface area (Å²) < 4.78 is 0. The second kappa shape index (κ2) is 9.00. The summed E-state index contributed by atoms with van der Waals surface area (Å²) in [5.74, 6) is 0.0380. The van der Waals surface area contributed by atoms with Crippen LogP contribution >= 0.6 is 0 Å². The van der Waals surface area contributed by atoms with Crippen molar-refractivity contribution >= 4 is 5.91 Å². The lowest BCUT2D eigenvalue weighted by molar-refractivity contribution is -0.120. The van der Waals surface area contributed by atoms with Gasteiger partial charge < -0.3 is 10.6 Å². The highest BCUT2D eigenvalue weighted by Crippen LogP contribution is 2.10. The van der Waals surface area contributed by atoms with E-state index < -0.39 is 0 Å². The summed E-state index contributed by atoms with van der Waals surface area (Å²) in [6.45, 7) is 3.22. The maximum Gasteiger partial charge on any atom is 0.234 e. The van der Waals surface area contributed by atoms with Crippen molar-refractivity contribution in [3.05, 3.63) is 71.8 Å². The Morgan fingerprint density at radius 1 is 1.00 bits per heavy atom. The maximum absolute atomic E-state index is 11.9. The third-order valence-corrected chi connectivity index (χ3v) is 3.62. The van der Waals surface area contributed by atoms with E-state index in [1.807, 2.05) is 43.3 Å². The van der Waals surface area contributed by atoms with Crippen LogP contribution in [0.3, 0.4) is 0 Å². The SMILES string of the molecule is CC(NC(=O)CNCCCc1ccccc1)c1ccccc1. The van der Waals surface area contributed by atoms with Crippen LogP contribution in [0.4, 0.5) is 0 Å². The Balaban J connectivity index is 1.60. The van der Waals surface area contributed by atoms with Gasteiger partial charge in [0.15, 0.2) is 0 Å². The van der Waals surface area contributed by atoms with Crippen molar-refractivity contribution in [2.75, 3.05) is 13.1 Å². The molecular weight excluding hydrogens is 272 g/mol. The molecule has 0 aliphatic rings. The second-order valence-electron chi connectivity index (χ2n) is 5.47. The van der Waals surface area contributed by atoms with Crippen LogP contribution in [0.2, 0.25) is 0 Å². The van der Waals surface area contributed by atoms with E-state index in [1.165, 1.54) is 5.56 Å². The van der Waals surface area contributed by atoms with Crippen molar-refractivity contribution < 1.29 is 4.79 Å². The molecule has 0 bridgehead atoms. The molecule has 0 aromatic heterocycles. The molecule has 116 valence electrons. The Hall–Kier alpha value is -2.13. The quantitative estimate of drug-likeness (QED) is 0.735. The van der Waals surface area contributed by atoms with Gasteiger partial charge in [-0.2, -0.15) is 0 Å². The van der Waals surface area contributed by atoms with Crippen molar-refractivity contribution in [2.24, 2.45) is 0 Å². The normalized spacial score (nSPS) is 11.9. The van der Waals surface area contributed by atoms with Crippen LogP contribution < -0.4 is 10.6 Å². The summed E-state index contributed by atoms with van der Waals surface area (Å²) in [4.78, 5) is 11.9. The van der Waals surface area contributed by atoms with Crippen LogP contribution in [0.1, 0.15) is 30.5 Å². The molecule has 0 radical (unpaired) electrons. The number of carbonyl (C=O) groups excluding carboxylic acids is 1. The number of aryl methyl sites for hydroxylation is 1. The number of carbonyl (C=O) groups is 1. The fourth-order valence-corrected chi connectivity index (χ4v) is 2.38. The van der Waals surface area contributed by atoms with E-state index in [-0.39, 0.29) is 11.9 Å². The molecule has 2 aromatic rings. The summed E-state index contributed by atoms with van der Waals surface area (Å²) in [6, 6.07) is 20.5. The van der Waals surface area contributed by atoms with Crippen LogP contribution in [0.25, 0.3) is 0 Å². The Morgan fingerprint density at radius 2 is 1.64 bits per heavy atom. The first-order valence-electron chi connectivity index (χ1n) is 7.84. The van der Waals surface area contributed by atoms with Crippen molar-refractivity contribution in [3.8, 4) is 0 Å². The highest BCUT2D eigenvalue weighted by atomic mass is 16.1. The molecule has 0 aliphatic heterocycles. The summed E-state index contributed by atoms with van der Waals surface area (Å²) in [6.07, 6.45) is 2.07. The highest BCUT2D eigenvalue weighted by molar-refractivity contribution is 5.78. The minimum Gasteiger partial charge on any atom is -0.348 e. The maximum atomic E-state index is 11.9. The lowest BCUT2D eigenvalue weighted by Crippen LogP contribution is -2.35. The van der Waals surface area contributed by atoms with E-state index in [0.717, 1.165) is 24.9 Å². The van der Waals surface area contributed by atoms with Gasteiger partial charge in [0.25, 0.3) is 0 Å². The van der Waals surface area contributed by atoms with Gasteiger partial charge in [0.05, 0.1) is 12.6 Å². The molecule has 3 nitrogen and oxygen atoms in total. The number of hydrogen-bond donors (Lipinski definition) is 2. The van der Waals surface area contributed by atoms with Crippen molar-refractivity contribution in [3.63, 3.8) is 0 Å². The molecule has 2 aromatic carbocycles. The Labute approximate surface area is 132 Å². The first kappa shape index (κ1) is 16.2. The van der Waals surface area contributed by atoms with Crippen molar-refractivity contribution in [2.45, 2.75) is 25.8 Å². The molecule has 2 N–H and O–H groups in total. The molecule has 0 aliphatic carbocycles. The molecule has 3 heteroatoms. The minimum atomic E-state index is 0.0380. The molecule has 0 heterocycles. The monoisotopic (exact) mass is 296 g/mol. The van der Waals surface area contributed by atoms with E-state index in [2.05, 4.69) is 34.9 Å². The molecule has 1 atom stereocenters.